The summed E-state index contributed by atoms with van der Waals surface area (Å²) in [6, 6.07) is 14.8. The maximum atomic E-state index is 12.3. The van der Waals surface area contributed by atoms with Gasteiger partial charge in [-0.25, -0.2) is 9.59 Å². The van der Waals surface area contributed by atoms with Crippen molar-refractivity contribution in [2.75, 3.05) is 6.61 Å². The summed E-state index contributed by atoms with van der Waals surface area (Å²) in [6.07, 6.45) is 1.31. The van der Waals surface area contributed by atoms with Crippen molar-refractivity contribution < 1.29 is 24.2 Å². The number of hydrogen-bond acceptors (Lipinski definition) is 4. The number of aliphatic carboxylic acids is 1. The number of nitrogens with one attached hydrogen (secondary N) is 2. The molecule has 0 radical (unpaired) electrons. The number of amides is 2. The molecule has 0 aromatic heterocycles. The highest BCUT2D eigenvalue weighted by atomic mass is 16.5. The molecule has 0 heterocycles. The lowest BCUT2D eigenvalue weighted by atomic mass is 9.98. The molecule has 0 unspecified atom stereocenters. The van der Waals surface area contributed by atoms with Crippen LogP contribution in [0.25, 0.3) is 11.1 Å². The van der Waals surface area contributed by atoms with Gasteiger partial charge in [-0.05, 0) is 35.6 Å². The second kappa shape index (κ2) is 10.8. The van der Waals surface area contributed by atoms with Crippen molar-refractivity contribution in [2.24, 2.45) is 0 Å². The second-order valence-electron chi connectivity index (χ2n) is 8.18. The molecule has 0 fully saturated rings. The number of carboxylic acids is 1. The lowest BCUT2D eigenvalue weighted by Gasteiger charge is -2.18. The molecule has 2 amide bonds. The maximum Gasteiger partial charge on any atom is 0.407 e. The molecular formula is C25H30N2O5. The minimum absolute atomic E-state index is 0.0277. The third-order valence-corrected chi connectivity index (χ3v) is 5.68. The van der Waals surface area contributed by atoms with E-state index in [1.165, 1.54) is 0 Å². The van der Waals surface area contributed by atoms with Crippen molar-refractivity contribution in [2.45, 2.75) is 57.5 Å². The fourth-order valence-electron chi connectivity index (χ4n) is 4.09. The summed E-state index contributed by atoms with van der Waals surface area (Å²) in [5, 5.41) is 14.4. The van der Waals surface area contributed by atoms with Gasteiger partial charge in [0.15, 0.2) is 0 Å². The highest BCUT2D eigenvalue weighted by Crippen LogP contribution is 2.44. The molecule has 2 aromatic rings. The van der Waals surface area contributed by atoms with Crippen molar-refractivity contribution in [1.82, 2.24) is 10.6 Å². The number of fused-ring (bicyclic) bond motifs is 3. The van der Waals surface area contributed by atoms with Crippen molar-refractivity contribution in [3.63, 3.8) is 0 Å². The standard InChI is InChI=1S/C25H30N2O5/c1-3-4-13-22(24(29)30)27-23(28)14-16(2)26-25(31)32-15-21-19-11-7-5-9-17(19)18-10-6-8-12-20(18)21/h5-12,16,21-22H,3-4,13-15H2,1-2H3,(H,26,31)(H,27,28)(H,29,30)/t16-,22+/m1/s1. The Kier molecular flexibility index (Phi) is 7.87. The van der Waals surface area contributed by atoms with Gasteiger partial charge in [-0.1, -0.05) is 68.3 Å². The Morgan fingerprint density at radius 3 is 2.16 bits per heavy atom. The van der Waals surface area contributed by atoms with Gasteiger partial charge >= 0.3 is 12.1 Å². The molecule has 2 atom stereocenters. The number of carbonyl (C=O) groups excluding carboxylic acids is 2. The predicted molar refractivity (Wildman–Crippen MR) is 121 cm³/mol. The number of hydrogen-bond donors (Lipinski definition) is 3. The molecule has 0 spiro atoms. The smallest absolute Gasteiger partial charge is 0.407 e. The largest absolute Gasteiger partial charge is 0.480 e. The van der Waals surface area contributed by atoms with Crippen molar-refractivity contribution >= 4 is 18.0 Å². The zero-order valence-electron chi connectivity index (χ0n) is 18.5. The molecule has 3 rings (SSSR count). The lowest BCUT2D eigenvalue weighted by Crippen LogP contribution is -2.44. The Morgan fingerprint density at radius 2 is 1.59 bits per heavy atom. The maximum absolute atomic E-state index is 12.3. The van der Waals surface area contributed by atoms with Crippen LogP contribution in [0.2, 0.25) is 0 Å². The van der Waals surface area contributed by atoms with Gasteiger partial charge < -0.3 is 20.5 Å². The van der Waals surface area contributed by atoms with Gasteiger partial charge in [-0.3, -0.25) is 4.79 Å². The van der Waals surface area contributed by atoms with Gasteiger partial charge in [0, 0.05) is 18.4 Å². The summed E-state index contributed by atoms with van der Waals surface area (Å²) in [6.45, 7) is 3.83. The molecule has 1 aliphatic carbocycles. The van der Waals surface area contributed by atoms with Crippen LogP contribution in [-0.2, 0) is 14.3 Å². The van der Waals surface area contributed by atoms with Crippen LogP contribution in [-0.4, -0.2) is 41.8 Å². The first-order chi connectivity index (χ1) is 15.4. The molecule has 2 aromatic carbocycles. The van der Waals surface area contributed by atoms with Gasteiger partial charge in [-0.15, -0.1) is 0 Å². The number of ether oxygens (including phenoxy) is 1. The molecule has 7 nitrogen and oxygen atoms in total. The van der Waals surface area contributed by atoms with Crippen LogP contribution in [0.1, 0.15) is 56.6 Å². The summed E-state index contributed by atoms with van der Waals surface area (Å²) >= 11 is 0. The van der Waals surface area contributed by atoms with Crippen molar-refractivity contribution in [3.8, 4) is 11.1 Å². The summed E-state index contributed by atoms with van der Waals surface area (Å²) < 4.78 is 5.49. The molecule has 0 bridgehead atoms. The molecule has 7 heteroatoms. The zero-order chi connectivity index (χ0) is 23.1. The molecule has 1 aliphatic rings. The van der Waals surface area contributed by atoms with Crippen LogP contribution in [0.4, 0.5) is 4.79 Å². The highest BCUT2D eigenvalue weighted by Gasteiger charge is 2.29. The van der Waals surface area contributed by atoms with Crippen LogP contribution in [0.15, 0.2) is 48.5 Å². The van der Waals surface area contributed by atoms with E-state index in [2.05, 4.69) is 22.8 Å². The monoisotopic (exact) mass is 438 g/mol. The Bertz CT molecular complexity index is 929. The summed E-state index contributed by atoms with van der Waals surface area (Å²) in [4.78, 5) is 35.8. The Labute approximate surface area is 188 Å². The van der Waals surface area contributed by atoms with Gasteiger partial charge in [0.25, 0.3) is 0 Å². The lowest BCUT2D eigenvalue weighted by molar-refractivity contribution is -0.142. The van der Waals surface area contributed by atoms with E-state index in [1.54, 1.807) is 6.92 Å². The van der Waals surface area contributed by atoms with E-state index in [1.807, 2.05) is 43.3 Å². The molecule has 0 aliphatic heterocycles. The number of unbranched alkanes of at least 4 members (excludes halogenated alkanes) is 1. The zero-order valence-corrected chi connectivity index (χ0v) is 18.5. The van der Waals surface area contributed by atoms with Gasteiger partial charge in [0.1, 0.15) is 12.6 Å². The van der Waals surface area contributed by atoms with E-state index >= 15 is 0 Å². The third-order valence-electron chi connectivity index (χ3n) is 5.68. The summed E-state index contributed by atoms with van der Waals surface area (Å²) in [5.41, 5.74) is 4.55. The van der Waals surface area contributed by atoms with Gasteiger partial charge in [0.2, 0.25) is 5.91 Å². The minimum atomic E-state index is -1.05. The Balaban J connectivity index is 1.51. The minimum Gasteiger partial charge on any atom is -0.480 e. The van der Waals surface area contributed by atoms with E-state index in [0.717, 1.165) is 28.7 Å². The van der Waals surface area contributed by atoms with Gasteiger partial charge in [0.05, 0.1) is 0 Å². The molecule has 32 heavy (non-hydrogen) atoms. The van der Waals surface area contributed by atoms with Crippen molar-refractivity contribution in [3.05, 3.63) is 59.7 Å². The molecular weight excluding hydrogens is 408 g/mol. The van der Waals surface area contributed by atoms with Crippen LogP contribution in [0.3, 0.4) is 0 Å². The van der Waals surface area contributed by atoms with Gasteiger partial charge in [-0.2, -0.15) is 0 Å². The Hall–Kier alpha value is -3.35. The SMILES string of the molecule is CCCC[C@H](NC(=O)C[C@@H](C)NC(=O)OCC1c2ccccc2-c2ccccc21)C(=O)O. The van der Waals surface area contributed by atoms with Crippen LogP contribution >= 0.6 is 0 Å². The topological polar surface area (TPSA) is 105 Å². The quantitative estimate of drug-likeness (QED) is 0.519. The van der Waals surface area contributed by atoms with E-state index < -0.39 is 30.1 Å². The van der Waals surface area contributed by atoms with E-state index in [-0.39, 0.29) is 18.9 Å². The van der Waals surface area contributed by atoms with E-state index in [9.17, 15) is 19.5 Å². The number of alkyl carbamates (subject to hydrolysis) is 1. The third kappa shape index (κ3) is 5.66. The number of rotatable bonds is 10. The Morgan fingerprint density at radius 1 is 1.00 bits per heavy atom. The first kappa shape index (κ1) is 23.3. The van der Waals surface area contributed by atoms with Crippen molar-refractivity contribution in [1.29, 1.82) is 0 Å². The highest BCUT2D eigenvalue weighted by molar-refractivity contribution is 5.84. The predicted octanol–water partition coefficient (Wildman–Crippen LogP) is 4.06. The number of benzene rings is 2. The number of carbonyl (C=O) groups is 3. The normalized spacial score (nSPS) is 14.1. The first-order valence-corrected chi connectivity index (χ1v) is 11.0. The summed E-state index contributed by atoms with van der Waals surface area (Å²) in [5.74, 6) is -1.51. The second-order valence-corrected chi connectivity index (χ2v) is 8.18. The molecule has 0 saturated carbocycles. The van der Waals surface area contributed by atoms with E-state index in [4.69, 9.17) is 4.74 Å². The molecule has 3 N–H and O–H groups in total. The van der Waals surface area contributed by atoms with Crippen LogP contribution in [0, 0.1) is 0 Å². The number of carboxylic acid groups (broad SMARTS) is 1. The van der Waals surface area contributed by atoms with Crippen LogP contribution in [0.5, 0.6) is 0 Å². The average molecular weight is 439 g/mol. The molecule has 170 valence electrons. The molecule has 0 saturated heterocycles. The first-order valence-electron chi connectivity index (χ1n) is 11.0. The summed E-state index contributed by atoms with van der Waals surface area (Å²) in [7, 11) is 0. The van der Waals surface area contributed by atoms with E-state index in [0.29, 0.717) is 12.8 Å². The average Bonchev–Trinajstić information content (AvgIpc) is 3.08. The fourth-order valence-corrected chi connectivity index (χ4v) is 4.09. The fraction of sp³-hybridized carbons (Fsp3) is 0.400. The van der Waals surface area contributed by atoms with Crippen LogP contribution < -0.4 is 10.6 Å².